The highest BCUT2D eigenvalue weighted by molar-refractivity contribution is 7.13. The number of ether oxygens (including phenoxy) is 1. The van der Waals surface area contributed by atoms with Crippen molar-refractivity contribution in [3.8, 4) is 5.19 Å². The first kappa shape index (κ1) is 15.7. The van der Waals surface area contributed by atoms with Crippen molar-refractivity contribution < 1.29 is 4.74 Å². The summed E-state index contributed by atoms with van der Waals surface area (Å²) < 4.78 is 5.80. The van der Waals surface area contributed by atoms with Gasteiger partial charge in [-0.05, 0) is 38.9 Å². The minimum Gasteiger partial charge on any atom is -0.467 e. The van der Waals surface area contributed by atoms with Crippen molar-refractivity contribution in [2.24, 2.45) is 5.92 Å². The van der Waals surface area contributed by atoms with E-state index in [4.69, 9.17) is 4.74 Å². The quantitative estimate of drug-likeness (QED) is 0.836. The van der Waals surface area contributed by atoms with Gasteiger partial charge in [-0.3, -0.25) is 0 Å². The standard InChI is InChI=1S/C14H26N4OS/c1-11(2)8-15-9-13-16-17-14(20-13)19-10-12-6-4-5-7-18(12)3/h11-12,15H,4-10H2,1-3H3. The molecule has 0 saturated carbocycles. The Kier molecular flexibility index (Phi) is 6.19. The first-order chi connectivity index (χ1) is 9.65. The van der Waals surface area contributed by atoms with E-state index < -0.39 is 0 Å². The van der Waals surface area contributed by atoms with Gasteiger partial charge in [0.25, 0.3) is 5.19 Å². The first-order valence-corrected chi connectivity index (χ1v) is 8.33. The predicted molar refractivity (Wildman–Crippen MR) is 82.2 cm³/mol. The second-order valence-corrected chi connectivity index (χ2v) is 6.95. The van der Waals surface area contributed by atoms with Gasteiger partial charge in [0.2, 0.25) is 0 Å². The lowest BCUT2D eigenvalue weighted by molar-refractivity contribution is 0.124. The lowest BCUT2D eigenvalue weighted by atomic mass is 10.0. The first-order valence-electron chi connectivity index (χ1n) is 7.51. The van der Waals surface area contributed by atoms with Crippen molar-refractivity contribution in [1.82, 2.24) is 20.4 Å². The fraction of sp³-hybridized carbons (Fsp3) is 0.857. The molecular formula is C14H26N4OS. The highest BCUT2D eigenvalue weighted by atomic mass is 32.1. The number of hydrogen-bond acceptors (Lipinski definition) is 6. The second kappa shape index (κ2) is 7.90. The van der Waals surface area contributed by atoms with Gasteiger partial charge in [0, 0.05) is 12.6 Å². The van der Waals surface area contributed by atoms with E-state index in [1.807, 2.05) is 0 Å². The molecule has 20 heavy (non-hydrogen) atoms. The molecule has 1 atom stereocenters. The van der Waals surface area contributed by atoms with Gasteiger partial charge in [-0.2, -0.15) is 0 Å². The number of aromatic nitrogens is 2. The molecule has 1 aliphatic heterocycles. The van der Waals surface area contributed by atoms with Crippen LogP contribution in [0.1, 0.15) is 38.1 Å². The molecule has 0 aromatic carbocycles. The lowest BCUT2D eigenvalue weighted by Crippen LogP contribution is -2.40. The highest BCUT2D eigenvalue weighted by Gasteiger charge is 2.20. The number of likely N-dealkylation sites (N-methyl/N-ethyl adjacent to an activating group) is 1. The molecule has 0 radical (unpaired) electrons. The van der Waals surface area contributed by atoms with E-state index in [9.17, 15) is 0 Å². The summed E-state index contributed by atoms with van der Waals surface area (Å²) >= 11 is 1.55. The van der Waals surface area contributed by atoms with E-state index in [1.165, 1.54) is 25.8 Å². The van der Waals surface area contributed by atoms with Crippen LogP contribution in [0.5, 0.6) is 5.19 Å². The molecule has 114 valence electrons. The third-order valence-electron chi connectivity index (χ3n) is 3.60. The third kappa shape index (κ3) is 5.00. The van der Waals surface area contributed by atoms with E-state index in [0.29, 0.717) is 17.2 Å². The van der Waals surface area contributed by atoms with E-state index in [-0.39, 0.29) is 0 Å². The smallest absolute Gasteiger partial charge is 0.294 e. The average molecular weight is 298 g/mol. The zero-order valence-corrected chi connectivity index (χ0v) is 13.6. The number of hydrogen-bond donors (Lipinski definition) is 1. The molecule has 1 fully saturated rings. The highest BCUT2D eigenvalue weighted by Crippen LogP contribution is 2.20. The fourth-order valence-corrected chi connectivity index (χ4v) is 3.02. The van der Waals surface area contributed by atoms with Crippen LogP contribution in [0.3, 0.4) is 0 Å². The number of nitrogens with one attached hydrogen (secondary N) is 1. The van der Waals surface area contributed by atoms with Gasteiger partial charge >= 0.3 is 0 Å². The molecule has 2 heterocycles. The maximum Gasteiger partial charge on any atom is 0.294 e. The van der Waals surface area contributed by atoms with E-state index >= 15 is 0 Å². The zero-order valence-electron chi connectivity index (χ0n) is 12.8. The maximum absolute atomic E-state index is 5.80. The molecule has 1 aromatic rings. The number of nitrogens with zero attached hydrogens (tertiary/aromatic N) is 3. The van der Waals surface area contributed by atoms with Gasteiger partial charge in [-0.15, -0.1) is 10.2 Å². The monoisotopic (exact) mass is 298 g/mol. The number of likely N-dealkylation sites (tertiary alicyclic amines) is 1. The molecule has 6 heteroatoms. The van der Waals surface area contributed by atoms with Gasteiger partial charge in [-0.25, -0.2) is 0 Å². The molecule has 0 spiro atoms. The number of rotatable bonds is 7. The lowest BCUT2D eigenvalue weighted by Gasteiger charge is -2.31. The van der Waals surface area contributed by atoms with Crippen LogP contribution >= 0.6 is 11.3 Å². The summed E-state index contributed by atoms with van der Waals surface area (Å²) in [5, 5.41) is 13.3. The molecule has 1 N–H and O–H groups in total. The van der Waals surface area contributed by atoms with Crippen LogP contribution in [0.15, 0.2) is 0 Å². The minimum atomic E-state index is 0.523. The Morgan fingerprint density at radius 1 is 1.40 bits per heavy atom. The topological polar surface area (TPSA) is 50.3 Å². The zero-order chi connectivity index (χ0) is 14.4. The van der Waals surface area contributed by atoms with Crippen LogP contribution in [-0.4, -0.2) is 47.9 Å². The molecule has 1 aromatic heterocycles. The van der Waals surface area contributed by atoms with Crippen molar-refractivity contribution in [2.45, 2.75) is 45.7 Å². The van der Waals surface area contributed by atoms with Crippen molar-refractivity contribution in [2.75, 3.05) is 26.7 Å². The van der Waals surface area contributed by atoms with E-state index in [0.717, 1.165) is 24.7 Å². The normalized spacial score (nSPS) is 20.5. The van der Waals surface area contributed by atoms with Crippen molar-refractivity contribution in [3.63, 3.8) is 0 Å². The van der Waals surface area contributed by atoms with Crippen molar-refractivity contribution in [3.05, 3.63) is 5.01 Å². The summed E-state index contributed by atoms with van der Waals surface area (Å²) in [6, 6.07) is 0.523. The Hall–Kier alpha value is -0.720. The minimum absolute atomic E-state index is 0.523. The van der Waals surface area contributed by atoms with E-state index in [2.05, 4.69) is 41.3 Å². The molecule has 1 unspecified atom stereocenters. The number of piperidine rings is 1. The molecule has 0 amide bonds. The molecule has 1 aliphatic rings. The molecule has 0 aliphatic carbocycles. The Morgan fingerprint density at radius 3 is 3.00 bits per heavy atom. The second-order valence-electron chi connectivity index (χ2n) is 5.93. The summed E-state index contributed by atoms with van der Waals surface area (Å²) in [4.78, 5) is 2.38. The Bertz CT molecular complexity index is 396. The maximum atomic E-state index is 5.80. The molecule has 1 saturated heterocycles. The fourth-order valence-electron chi connectivity index (χ4n) is 2.36. The van der Waals surface area contributed by atoms with Crippen LogP contribution in [0.4, 0.5) is 0 Å². The van der Waals surface area contributed by atoms with Crippen LogP contribution in [0.2, 0.25) is 0 Å². The Balaban J connectivity index is 1.72. The van der Waals surface area contributed by atoms with Gasteiger partial charge < -0.3 is 15.0 Å². The largest absolute Gasteiger partial charge is 0.467 e. The van der Waals surface area contributed by atoms with Gasteiger partial charge in [-0.1, -0.05) is 31.6 Å². The van der Waals surface area contributed by atoms with Gasteiger partial charge in [0.1, 0.15) is 11.6 Å². The van der Waals surface area contributed by atoms with Gasteiger partial charge in [0.05, 0.1) is 0 Å². The van der Waals surface area contributed by atoms with Crippen LogP contribution in [0.25, 0.3) is 0 Å². The summed E-state index contributed by atoms with van der Waals surface area (Å²) in [5.74, 6) is 0.653. The Morgan fingerprint density at radius 2 is 2.25 bits per heavy atom. The molecule has 2 rings (SSSR count). The molecular weight excluding hydrogens is 272 g/mol. The van der Waals surface area contributed by atoms with Crippen LogP contribution in [0, 0.1) is 5.92 Å². The Labute approximate surface area is 125 Å². The summed E-state index contributed by atoms with van der Waals surface area (Å²) in [6.07, 6.45) is 3.83. The van der Waals surface area contributed by atoms with Crippen molar-refractivity contribution >= 4 is 11.3 Å². The third-order valence-corrected chi connectivity index (χ3v) is 4.43. The predicted octanol–water partition coefficient (Wildman–Crippen LogP) is 2.15. The molecule has 0 bridgehead atoms. The van der Waals surface area contributed by atoms with Crippen LogP contribution in [-0.2, 0) is 6.54 Å². The average Bonchev–Trinajstić information content (AvgIpc) is 2.85. The summed E-state index contributed by atoms with van der Waals surface area (Å²) in [6.45, 7) is 8.08. The SMILES string of the molecule is CC(C)CNCc1nnc(OCC2CCCCN2C)s1. The summed E-state index contributed by atoms with van der Waals surface area (Å²) in [7, 11) is 2.18. The van der Waals surface area contributed by atoms with Crippen molar-refractivity contribution in [1.29, 1.82) is 0 Å². The molecule has 5 nitrogen and oxygen atoms in total. The van der Waals surface area contributed by atoms with Gasteiger partial charge in [0.15, 0.2) is 0 Å². The van der Waals surface area contributed by atoms with Crippen LogP contribution < -0.4 is 10.1 Å². The summed E-state index contributed by atoms with van der Waals surface area (Å²) in [5.41, 5.74) is 0. The van der Waals surface area contributed by atoms with E-state index in [1.54, 1.807) is 11.3 Å².